The number of aromatic nitrogens is 2. The fraction of sp³-hybridized carbons (Fsp3) is 0.455. The highest BCUT2D eigenvalue weighted by Crippen LogP contribution is 2.60. The summed E-state index contributed by atoms with van der Waals surface area (Å²) >= 11 is 1.64. The maximum Gasteiger partial charge on any atom is 0.230 e. The van der Waals surface area contributed by atoms with E-state index in [1.165, 1.54) is 19.3 Å². The highest BCUT2D eigenvalue weighted by molar-refractivity contribution is 7.15. The van der Waals surface area contributed by atoms with E-state index in [4.69, 9.17) is 0 Å². The van der Waals surface area contributed by atoms with E-state index in [0.29, 0.717) is 0 Å². The lowest BCUT2D eigenvalue weighted by Gasteiger charge is -2.55. The van der Waals surface area contributed by atoms with Crippen molar-refractivity contribution in [1.29, 1.82) is 0 Å². The van der Waals surface area contributed by atoms with E-state index in [1.54, 1.807) is 11.3 Å². The maximum atomic E-state index is 13.2. The standard InChI is InChI=1S/C22H23N3OS/c26-20(22-10-14-7-15(11-22)9-16(8-14)12-22)23-18-3-1-17(2-4-18)19-13-25-5-6-27-21(25)24-19/h1-6,13-16H,7-12H2,(H,23,26). The fourth-order valence-corrected chi connectivity index (χ4v) is 6.94. The minimum absolute atomic E-state index is 0.0956. The molecule has 0 aliphatic heterocycles. The van der Waals surface area contributed by atoms with Crippen LogP contribution < -0.4 is 5.32 Å². The van der Waals surface area contributed by atoms with Gasteiger partial charge in [-0.3, -0.25) is 9.20 Å². The molecule has 1 aromatic carbocycles. The third-order valence-corrected chi connectivity index (χ3v) is 7.82. The first-order valence-corrected chi connectivity index (χ1v) is 10.9. The van der Waals surface area contributed by atoms with Crippen molar-refractivity contribution in [1.82, 2.24) is 9.38 Å². The number of carbonyl (C=O) groups is 1. The Balaban J connectivity index is 1.21. The first kappa shape index (κ1) is 15.9. The molecule has 4 fully saturated rings. The summed E-state index contributed by atoms with van der Waals surface area (Å²) in [6.07, 6.45) is 11.5. The van der Waals surface area contributed by atoms with Crippen LogP contribution in [0.2, 0.25) is 0 Å². The van der Waals surface area contributed by atoms with Gasteiger partial charge in [-0.05, 0) is 68.4 Å². The summed E-state index contributed by atoms with van der Waals surface area (Å²) in [7, 11) is 0. The van der Waals surface area contributed by atoms with Crippen LogP contribution in [0.1, 0.15) is 38.5 Å². The predicted octanol–water partition coefficient (Wildman–Crippen LogP) is 5.22. The van der Waals surface area contributed by atoms with Crippen LogP contribution in [0.3, 0.4) is 0 Å². The zero-order valence-corrected chi connectivity index (χ0v) is 16.0. The van der Waals surface area contributed by atoms with Crippen LogP contribution in [-0.2, 0) is 4.79 Å². The van der Waals surface area contributed by atoms with Gasteiger partial charge in [-0.25, -0.2) is 4.98 Å². The monoisotopic (exact) mass is 377 g/mol. The van der Waals surface area contributed by atoms with Crippen molar-refractivity contribution in [3.05, 3.63) is 42.0 Å². The minimum Gasteiger partial charge on any atom is -0.326 e. The molecule has 138 valence electrons. The molecule has 2 heterocycles. The zero-order valence-electron chi connectivity index (χ0n) is 15.2. The number of carbonyl (C=O) groups excluding carboxylic acids is 1. The van der Waals surface area contributed by atoms with Crippen molar-refractivity contribution in [2.24, 2.45) is 23.2 Å². The van der Waals surface area contributed by atoms with Crippen LogP contribution in [0.15, 0.2) is 42.0 Å². The Kier molecular flexibility index (Phi) is 3.34. The highest BCUT2D eigenvalue weighted by Gasteiger charge is 2.54. The summed E-state index contributed by atoms with van der Waals surface area (Å²) in [4.78, 5) is 18.8. The number of nitrogens with zero attached hydrogens (tertiary/aromatic N) is 2. The lowest BCUT2D eigenvalue weighted by Crippen LogP contribution is -2.51. The molecule has 0 unspecified atom stereocenters. The number of benzene rings is 1. The number of amides is 1. The number of nitrogens with one attached hydrogen (secondary N) is 1. The molecule has 4 aliphatic carbocycles. The molecule has 0 saturated heterocycles. The number of rotatable bonds is 3. The highest BCUT2D eigenvalue weighted by atomic mass is 32.1. The second kappa shape index (κ2) is 5.68. The number of imidazole rings is 1. The molecule has 4 bridgehead atoms. The second-order valence-electron chi connectivity index (χ2n) is 8.95. The van der Waals surface area contributed by atoms with E-state index in [0.717, 1.165) is 58.9 Å². The molecular formula is C22H23N3OS. The summed E-state index contributed by atoms with van der Waals surface area (Å²) in [6.45, 7) is 0. The van der Waals surface area contributed by atoms with Gasteiger partial charge in [0.2, 0.25) is 5.91 Å². The molecule has 3 aromatic rings. The molecule has 1 N–H and O–H groups in total. The van der Waals surface area contributed by atoms with Gasteiger partial charge in [0.25, 0.3) is 0 Å². The molecule has 0 spiro atoms. The molecule has 0 radical (unpaired) electrons. The molecule has 2 aromatic heterocycles. The summed E-state index contributed by atoms with van der Waals surface area (Å²) in [5.41, 5.74) is 2.86. The molecule has 4 nitrogen and oxygen atoms in total. The van der Waals surface area contributed by atoms with Gasteiger partial charge in [-0.15, -0.1) is 11.3 Å². The van der Waals surface area contributed by atoms with Crippen molar-refractivity contribution < 1.29 is 4.79 Å². The van der Waals surface area contributed by atoms with Gasteiger partial charge >= 0.3 is 0 Å². The van der Waals surface area contributed by atoms with Gasteiger partial charge in [-0.1, -0.05) is 12.1 Å². The Morgan fingerprint density at radius 3 is 2.37 bits per heavy atom. The third kappa shape index (κ3) is 2.55. The van der Waals surface area contributed by atoms with Crippen LogP contribution in [0, 0.1) is 23.2 Å². The van der Waals surface area contributed by atoms with Crippen LogP contribution >= 0.6 is 11.3 Å². The van der Waals surface area contributed by atoms with Gasteiger partial charge in [0.1, 0.15) is 0 Å². The third-order valence-electron chi connectivity index (χ3n) is 7.05. The van der Waals surface area contributed by atoms with Crippen molar-refractivity contribution in [2.45, 2.75) is 38.5 Å². The Morgan fingerprint density at radius 2 is 1.74 bits per heavy atom. The number of hydrogen-bond acceptors (Lipinski definition) is 3. The van der Waals surface area contributed by atoms with Crippen molar-refractivity contribution in [3.63, 3.8) is 0 Å². The van der Waals surface area contributed by atoms with E-state index >= 15 is 0 Å². The lowest BCUT2D eigenvalue weighted by atomic mass is 9.49. The van der Waals surface area contributed by atoms with Crippen molar-refractivity contribution in [2.75, 3.05) is 5.32 Å². The zero-order chi connectivity index (χ0) is 18.0. The molecule has 4 aliphatic rings. The Hall–Kier alpha value is -2.14. The van der Waals surface area contributed by atoms with E-state index in [9.17, 15) is 4.79 Å². The van der Waals surface area contributed by atoms with Crippen LogP contribution in [0.25, 0.3) is 16.2 Å². The lowest BCUT2D eigenvalue weighted by molar-refractivity contribution is -0.140. The molecule has 5 heteroatoms. The molecule has 1 amide bonds. The minimum atomic E-state index is -0.0956. The average Bonchev–Trinajstić information content (AvgIpc) is 3.23. The quantitative estimate of drug-likeness (QED) is 0.680. The molecule has 4 saturated carbocycles. The van der Waals surface area contributed by atoms with Gasteiger partial charge in [0.15, 0.2) is 4.96 Å². The fourth-order valence-electron chi connectivity index (χ4n) is 6.24. The van der Waals surface area contributed by atoms with E-state index in [2.05, 4.69) is 28.6 Å². The molecular weight excluding hydrogens is 354 g/mol. The number of anilines is 1. The number of thiazole rings is 1. The van der Waals surface area contributed by atoms with Crippen LogP contribution in [0.4, 0.5) is 5.69 Å². The van der Waals surface area contributed by atoms with Crippen molar-refractivity contribution in [3.8, 4) is 11.3 Å². The average molecular weight is 378 g/mol. The van der Waals surface area contributed by atoms with Gasteiger partial charge in [-0.2, -0.15) is 0 Å². The Morgan fingerprint density at radius 1 is 1.07 bits per heavy atom. The Labute approximate surface area is 162 Å². The van der Waals surface area contributed by atoms with Crippen molar-refractivity contribution >= 4 is 27.9 Å². The Bertz CT molecular complexity index is 952. The number of hydrogen-bond donors (Lipinski definition) is 1. The normalized spacial score (nSPS) is 31.5. The first-order valence-electron chi connectivity index (χ1n) is 10.0. The van der Waals surface area contributed by atoms with Crippen LogP contribution in [0.5, 0.6) is 0 Å². The van der Waals surface area contributed by atoms with E-state index in [-0.39, 0.29) is 11.3 Å². The van der Waals surface area contributed by atoms with Crippen LogP contribution in [-0.4, -0.2) is 15.3 Å². The SMILES string of the molecule is O=C(Nc1ccc(-c2cn3ccsc3n2)cc1)C12CC3CC(CC(C3)C1)C2. The number of fused-ring (bicyclic) bond motifs is 1. The smallest absolute Gasteiger partial charge is 0.230 e. The van der Waals surface area contributed by atoms with Gasteiger partial charge in [0.05, 0.1) is 11.1 Å². The summed E-state index contributed by atoms with van der Waals surface area (Å²) in [6, 6.07) is 8.14. The second-order valence-corrected chi connectivity index (χ2v) is 9.82. The summed E-state index contributed by atoms with van der Waals surface area (Å²) in [5, 5.41) is 5.27. The molecule has 27 heavy (non-hydrogen) atoms. The van der Waals surface area contributed by atoms with Gasteiger partial charge < -0.3 is 5.32 Å². The first-order chi connectivity index (χ1) is 13.2. The summed E-state index contributed by atoms with van der Waals surface area (Å²) < 4.78 is 2.04. The molecule has 0 atom stereocenters. The largest absolute Gasteiger partial charge is 0.326 e. The van der Waals surface area contributed by atoms with Gasteiger partial charge in [0, 0.05) is 29.0 Å². The molecule has 7 rings (SSSR count). The topological polar surface area (TPSA) is 46.4 Å². The summed E-state index contributed by atoms with van der Waals surface area (Å²) in [5.74, 6) is 2.63. The van der Waals surface area contributed by atoms with E-state index < -0.39 is 0 Å². The predicted molar refractivity (Wildman–Crippen MR) is 108 cm³/mol. The van der Waals surface area contributed by atoms with E-state index in [1.807, 2.05) is 28.1 Å². The maximum absolute atomic E-state index is 13.2.